The summed E-state index contributed by atoms with van der Waals surface area (Å²) in [5.41, 5.74) is 0. The number of carboxylic acids is 1. The van der Waals surface area contributed by atoms with Gasteiger partial charge in [-0.05, 0) is 0 Å². The Labute approximate surface area is 87.0 Å². The Balaban J connectivity index is 2.99. The van der Waals surface area contributed by atoms with Crippen LogP contribution in [0.1, 0.15) is 6.42 Å². The van der Waals surface area contributed by atoms with Crippen LogP contribution in [0.4, 0.5) is 4.79 Å². The van der Waals surface area contributed by atoms with Crippen molar-refractivity contribution < 1.29 is 29.3 Å². The Hall–Kier alpha value is -1.34. The minimum atomic E-state index is -1.09. The van der Waals surface area contributed by atoms with Gasteiger partial charge in [-0.3, -0.25) is 4.79 Å². The molecule has 0 saturated heterocycles. The number of aliphatic carboxylic acids is 1. The highest BCUT2D eigenvalue weighted by Crippen LogP contribution is 1.83. The highest BCUT2D eigenvalue weighted by atomic mass is 16.5. The minimum absolute atomic E-state index is 0.0272. The smallest absolute Gasteiger partial charge is 0.404 e. The lowest BCUT2D eigenvalue weighted by atomic mass is 10.5. The van der Waals surface area contributed by atoms with E-state index in [4.69, 9.17) is 19.7 Å². The summed E-state index contributed by atoms with van der Waals surface area (Å²) in [5.74, 6) is -0.901. The van der Waals surface area contributed by atoms with Crippen molar-refractivity contribution in [3.05, 3.63) is 0 Å². The number of carbonyl (C=O) groups is 2. The van der Waals surface area contributed by atoms with Gasteiger partial charge >= 0.3 is 12.1 Å². The Morgan fingerprint density at radius 3 is 2.13 bits per heavy atom. The summed E-state index contributed by atoms with van der Waals surface area (Å²) in [6.07, 6.45) is -1.11. The SMILES string of the molecule is O=C(O)CCOCCOCCNC(=O)O. The molecule has 1 amide bonds. The molecule has 0 aromatic carbocycles. The van der Waals surface area contributed by atoms with Gasteiger partial charge in [-0.15, -0.1) is 0 Å². The number of ether oxygens (including phenoxy) is 2. The Kier molecular flexibility index (Phi) is 8.40. The van der Waals surface area contributed by atoms with Gasteiger partial charge in [0.05, 0.1) is 32.8 Å². The number of rotatable bonds is 9. The van der Waals surface area contributed by atoms with E-state index in [-0.39, 0.29) is 26.2 Å². The molecular weight excluding hydrogens is 206 g/mol. The lowest BCUT2D eigenvalue weighted by molar-refractivity contribution is -0.138. The molecule has 0 rings (SSSR count). The molecule has 0 heterocycles. The zero-order valence-electron chi connectivity index (χ0n) is 8.27. The van der Waals surface area contributed by atoms with E-state index in [0.29, 0.717) is 13.2 Å². The summed E-state index contributed by atoms with van der Waals surface area (Å²) < 4.78 is 9.92. The molecule has 0 aliphatic heterocycles. The fraction of sp³-hybridized carbons (Fsp3) is 0.750. The molecule has 0 unspecified atom stereocenters. The van der Waals surface area contributed by atoms with Crippen LogP contribution in [-0.2, 0) is 14.3 Å². The van der Waals surface area contributed by atoms with Crippen molar-refractivity contribution in [2.75, 3.05) is 33.0 Å². The number of hydrogen-bond acceptors (Lipinski definition) is 4. The summed E-state index contributed by atoms with van der Waals surface area (Å²) in [7, 11) is 0. The molecule has 0 spiro atoms. The van der Waals surface area contributed by atoms with Crippen LogP contribution in [-0.4, -0.2) is 55.2 Å². The molecule has 7 nitrogen and oxygen atoms in total. The van der Waals surface area contributed by atoms with Gasteiger partial charge in [-0.2, -0.15) is 0 Å². The molecule has 0 bridgehead atoms. The standard InChI is InChI=1S/C8H15NO6/c10-7(11)1-3-14-5-6-15-4-2-9-8(12)13/h9H,1-6H2,(H,10,11)(H,12,13). The molecule has 0 radical (unpaired) electrons. The molecule has 0 aromatic heterocycles. The number of nitrogens with one attached hydrogen (secondary N) is 1. The van der Waals surface area contributed by atoms with E-state index >= 15 is 0 Å². The molecule has 0 aromatic rings. The third kappa shape index (κ3) is 12.7. The van der Waals surface area contributed by atoms with Crippen LogP contribution in [0.15, 0.2) is 0 Å². The minimum Gasteiger partial charge on any atom is -0.481 e. The monoisotopic (exact) mass is 221 g/mol. The highest BCUT2D eigenvalue weighted by molar-refractivity contribution is 5.66. The summed E-state index contributed by atoms with van der Waals surface area (Å²) in [6, 6.07) is 0. The van der Waals surface area contributed by atoms with Crippen molar-refractivity contribution in [3.63, 3.8) is 0 Å². The molecule has 0 saturated carbocycles. The van der Waals surface area contributed by atoms with Crippen LogP contribution in [0.5, 0.6) is 0 Å². The lowest BCUT2D eigenvalue weighted by Crippen LogP contribution is -2.25. The maximum atomic E-state index is 10.1. The molecule has 3 N–H and O–H groups in total. The third-order valence-corrected chi connectivity index (χ3v) is 1.35. The predicted octanol–water partition coefficient (Wildman–Crippen LogP) is -0.238. The first-order valence-corrected chi connectivity index (χ1v) is 4.47. The highest BCUT2D eigenvalue weighted by Gasteiger charge is 1.96. The molecule has 0 aliphatic carbocycles. The van der Waals surface area contributed by atoms with E-state index in [1.807, 2.05) is 0 Å². The normalized spacial score (nSPS) is 9.87. The Morgan fingerprint density at radius 2 is 1.60 bits per heavy atom. The quantitative estimate of drug-likeness (QED) is 0.464. The molecule has 0 aliphatic rings. The van der Waals surface area contributed by atoms with E-state index in [9.17, 15) is 9.59 Å². The second-order valence-electron chi connectivity index (χ2n) is 2.60. The van der Waals surface area contributed by atoms with Crippen LogP contribution < -0.4 is 5.32 Å². The van der Waals surface area contributed by atoms with E-state index < -0.39 is 12.1 Å². The third-order valence-electron chi connectivity index (χ3n) is 1.35. The maximum absolute atomic E-state index is 10.1. The number of hydrogen-bond donors (Lipinski definition) is 3. The maximum Gasteiger partial charge on any atom is 0.404 e. The second-order valence-corrected chi connectivity index (χ2v) is 2.60. The molecular formula is C8H15NO6. The first-order valence-electron chi connectivity index (χ1n) is 4.47. The van der Waals surface area contributed by atoms with Gasteiger partial charge in [0.25, 0.3) is 0 Å². The van der Waals surface area contributed by atoms with Gasteiger partial charge in [0.2, 0.25) is 0 Å². The molecule has 88 valence electrons. The first-order chi connectivity index (χ1) is 7.13. The van der Waals surface area contributed by atoms with Gasteiger partial charge in [-0.25, -0.2) is 4.79 Å². The van der Waals surface area contributed by atoms with Crippen molar-refractivity contribution >= 4 is 12.1 Å². The van der Waals surface area contributed by atoms with E-state index in [1.165, 1.54) is 0 Å². The van der Waals surface area contributed by atoms with Crippen LogP contribution in [0.3, 0.4) is 0 Å². The van der Waals surface area contributed by atoms with Crippen LogP contribution in [0, 0.1) is 0 Å². The van der Waals surface area contributed by atoms with Crippen molar-refractivity contribution in [1.82, 2.24) is 5.32 Å². The van der Waals surface area contributed by atoms with E-state index in [1.54, 1.807) is 0 Å². The Bertz CT molecular complexity index is 176. The van der Waals surface area contributed by atoms with Crippen LogP contribution >= 0.6 is 0 Å². The first kappa shape index (κ1) is 13.7. The van der Waals surface area contributed by atoms with Crippen molar-refractivity contribution in [2.45, 2.75) is 6.42 Å². The predicted molar refractivity (Wildman–Crippen MR) is 49.9 cm³/mol. The van der Waals surface area contributed by atoms with Gasteiger partial charge < -0.3 is 25.0 Å². The fourth-order valence-electron chi connectivity index (χ4n) is 0.712. The van der Waals surface area contributed by atoms with Gasteiger partial charge in [0, 0.05) is 6.54 Å². The Morgan fingerprint density at radius 1 is 1.00 bits per heavy atom. The van der Waals surface area contributed by atoms with E-state index in [0.717, 1.165) is 0 Å². The van der Waals surface area contributed by atoms with Gasteiger partial charge in [-0.1, -0.05) is 0 Å². The molecule has 0 fully saturated rings. The summed E-state index contributed by atoms with van der Waals surface area (Å²) in [5, 5.41) is 18.6. The zero-order valence-corrected chi connectivity index (χ0v) is 8.27. The summed E-state index contributed by atoms with van der Waals surface area (Å²) >= 11 is 0. The molecule has 15 heavy (non-hydrogen) atoms. The summed E-state index contributed by atoms with van der Waals surface area (Å²) in [4.78, 5) is 20.1. The van der Waals surface area contributed by atoms with Gasteiger partial charge in [0.1, 0.15) is 0 Å². The van der Waals surface area contributed by atoms with Crippen molar-refractivity contribution in [1.29, 1.82) is 0 Å². The fourth-order valence-corrected chi connectivity index (χ4v) is 0.712. The number of carboxylic acid groups (broad SMARTS) is 2. The average molecular weight is 221 g/mol. The number of amides is 1. The topological polar surface area (TPSA) is 105 Å². The van der Waals surface area contributed by atoms with Gasteiger partial charge in [0.15, 0.2) is 0 Å². The average Bonchev–Trinajstić information content (AvgIpc) is 2.14. The van der Waals surface area contributed by atoms with Crippen LogP contribution in [0.25, 0.3) is 0 Å². The van der Waals surface area contributed by atoms with Crippen molar-refractivity contribution in [3.8, 4) is 0 Å². The largest absolute Gasteiger partial charge is 0.481 e. The summed E-state index contributed by atoms with van der Waals surface area (Å²) in [6.45, 7) is 1.28. The lowest BCUT2D eigenvalue weighted by Gasteiger charge is -2.04. The molecule has 0 atom stereocenters. The molecule has 7 heteroatoms. The van der Waals surface area contributed by atoms with Crippen molar-refractivity contribution in [2.24, 2.45) is 0 Å². The second kappa shape index (κ2) is 9.22. The van der Waals surface area contributed by atoms with E-state index in [2.05, 4.69) is 5.32 Å². The van der Waals surface area contributed by atoms with Crippen LogP contribution in [0.2, 0.25) is 0 Å². The zero-order chi connectivity index (χ0) is 11.5.